The number of carbonyl (C=O) groups is 3. The van der Waals surface area contributed by atoms with Gasteiger partial charge < -0.3 is 15.3 Å². The van der Waals surface area contributed by atoms with E-state index in [1.54, 1.807) is 0 Å². The van der Waals surface area contributed by atoms with Crippen molar-refractivity contribution in [2.75, 3.05) is 11.9 Å². The highest BCUT2D eigenvalue weighted by Gasteiger charge is 2.52. The van der Waals surface area contributed by atoms with Crippen LogP contribution in [0.1, 0.15) is 49.3 Å². The number of benzene rings is 1. The molecule has 0 aromatic heterocycles. The first-order valence-corrected chi connectivity index (χ1v) is 8.48. The van der Waals surface area contributed by atoms with E-state index in [0.717, 1.165) is 55.3 Å². The van der Waals surface area contributed by atoms with Crippen molar-refractivity contribution in [2.24, 2.45) is 5.41 Å². The van der Waals surface area contributed by atoms with Crippen molar-refractivity contribution in [3.63, 3.8) is 0 Å². The molecule has 126 valence electrons. The molecule has 2 amide bonds. The topological polar surface area (TPSA) is 86.7 Å². The summed E-state index contributed by atoms with van der Waals surface area (Å²) in [5, 5.41) is 12.0. The summed E-state index contributed by atoms with van der Waals surface area (Å²) in [6.07, 6.45) is 5.17. The van der Waals surface area contributed by atoms with Crippen molar-refractivity contribution in [3.05, 3.63) is 29.3 Å². The van der Waals surface area contributed by atoms with Crippen LogP contribution in [0, 0.1) is 5.41 Å². The molecule has 1 aromatic rings. The second-order valence-electron chi connectivity index (χ2n) is 7.14. The summed E-state index contributed by atoms with van der Waals surface area (Å²) < 4.78 is 0. The minimum absolute atomic E-state index is 0.114. The summed E-state index contributed by atoms with van der Waals surface area (Å²) >= 11 is 0. The Kier molecular flexibility index (Phi) is 3.37. The fraction of sp³-hybridized carbons (Fsp3) is 0.500. The van der Waals surface area contributed by atoms with Crippen LogP contribution in [0.15, 0.2) is 18.2 Å². The molecule has 1 aliphatic carbocycles. The molecule has 1 aromatic carbocycles. The third-order valence-corrected chi connectivity index (χ3v) is 5.57. The Balaban J connectivity index is 1.65. The molecule has 1 atom stereocenters. The van der Waals surface area contributed by atoms with Crippen LogP contribution < -0.4 is 5.32 Å². The molecule has 0 radical (unpaired) electrons. The maximum Gasteiger partial charge on any atom is 0.394 e. The van der Waals surface area contributed by atoms with Crippen LogP contribution in [0.4, 0.5) is 5.69 Å². The van der Waals surface area contributed by atoms with Crippen molar-refractivity contribution >= 4 is 23.5 Å². The zero-order chi connectivity index (χ0) is 16.9. The van der Waals surface area contributed by atoms with Gasteiger partial charge in [0.15, 0.2) is 0 Å². The van der Waals surface area contributed by atoms with Crippen LogP contribution in [-0.2, 0) is 20.8 Å². The summed E-state index contributed by atoms with van der Waals surface area (Å²) in [5.41, 5.74) is 2.68. The van der Waals surface area contributed by atoms with E-state index < -0.39 is 11.9 Å². The van der Waals surface area contributed by atoms with E-state index in [4.69, 9.17) is 5.11 Å². The minimum Gasteiger partial charge on any atom is -0.474 e. The van der Waals surface area contributed by atoms with Crippen LogP contribution in [0.3, 0.4) is 0 Å². The van der Waals surface area contributed by atoms with Gasteiger partial charge in [0.2, 0.25) is 5.91 Å². The number of nitrogens with zero attached hydrogens (tertiary/aromatic N) is 1. The lowest BCUT2D eigenvalue weighted by Gasteiger charge is -2.35. The van der Waals surface area contributed by atoms with Crippen molar-refractivity contribution in [2.45, 2.75) is 44.6 Å². The van der Waals surface area contributed by atoms with Gasteiger partial charge >= 0.3 is 11.9 Å². The summed E-state index contributed by atoms with van der Waals surface area (Å²) in [7, 11) is 0. The number of amides is 2. The highest BCUT2D eigenvalue weighted by Crippen LogP contribution is 2.52. The van der Waals surface area contributed by atoms with Gasteiger partial charge in [-0.15, -0.1) is 0 Å². The summed E-state index contributed by atoms with van der Waals surface area (Å²) in [6.45, 7) is 0.480. The zero-order valence-corrected chi connectivity index (χ0v) is 13.4. The Morgan fingerprint density at radius 2 is 2.04 bits per heavy atom. The van der Waals surface area contributed by atoms with E-state index in [2.05, 4.69) is 5.32 Å². The first kappa shape index (κ1) is 15.2. The molecule has 24 heavy (non-hydrogen) atoms. The number of carboxylic acid groups (broad SMARTS) is 1. The van der Waals surface area contributed by atoms with E-state index in [0.29, 0.717) is 6.54 Å². The summed E-state index contributed by atoms with van der Waals surface area (Å²) in [4.78, 5) is 36.7. The van der Waals surface area contributed by atoms with Crippen molar-refractivity contribution in [3.8, 4) is 0 Å². The average molecular weight is 328 g/mol. The number of likely N-dealkylation sites (tertiary alicyclic amines) is 1. The zero-order valence-electron chi connectivity index (χ0n) is 13.4. The van der Waals surface area contributed by atoms with E-state index in [1.165, 1.54) is 4.90 Å². The van der Waals surface area contributed by atoms with E-state index in [1.807, 2.05) is 18.2 Å². The summed E-state index contributed by atoms with van der Waals surface area (Å²) in [6, 6.07) is 5.64. The van der Waals surface area contributed by atoms with Crippen molar-refractivity contribution < 1.29 is 19.5 Å². The maximum atomic E-state index is 12.1. The molecule has 2 fully saturated rings. The minimum atomic E-state index is -1.40. The molecule has 4 rings (SSSR count). The largest absolute Gasteiger partial charge is 0.474 e. The molecular formula is C18H20N2O4. The van der Waals surface area contributed by atoms with E-state index >= 15 is 0 Å². The second kappa shape index (κ2) is 5.33. The second-order valence-corrected chi connectivity index (χ2v) is 7.14. The van der Waals surface area contributed by atoms with Crippen molar-refractivity contribution in [1.29, 1.82) is 0 Å². The quantitative estimate of drug-likeness (QED) is 0.773. The lowest BCUT2D eigenvalue weighted by atomic mass is 9.87. The number of carboxylic acids is 1. The van der Waals surface area contributed by atoms with E-state index in [-0.39, 0.29) is 17.4 Å². The molecule has 6 nitrogen and oxygen atoms in total. The Morgan fingerprint density at radius 3 is 2.75 bits per heavy atom. The van der Waals surface area contributed by atoms with Crippen LogP contribution in [0.25, 0.3) is 0 Å². The lowest BCUT2D eigenvalue weighted by molar-refractivity contribution is -0.158. The predicted molar refractivity (Wildman–Crippen MR) is 86.4 cm³/mol. The van der Waals surface area contributed by atoms with Crippen molar-refractivity contribution in [1.82, 2.24) is 4.90 Å². The predicted octanol–water partition coefficient (Wildman–Crippen LogP) is 2.10. The van der Waals surface area contributed by atoms with Crippen LogP contribution in [0.5, 0.6) is 0 Å². The number of nitrogens with one attached hydrogen (secondary N) is 1. The number of hydrogen-bond donors (Lipinski definition) is 2. The van der Waals surface area contributed by atoms with Gasteiger partial charge in [-0.25, -0.2) is 4.79 Å². The highest BCUT2D eigenvalue weighted by atomic mass is 16.4. The monoisotopic (exact) mass is 328 g/mol. The number of anilines is 1. The standard InChI is InChI=1S/C18H20N2O4/c21-15(16(22)23)20-8-2-1-3-14(20)11-4-5-13-12(9-11)10-18(6-7-18)17(24)19-13/h4-5,9,14H,1-3,6-8,10H2,(H,19,24)(H,22,23). The first-order valence-electron chi connectivity index (χ1n) is 8.48. The van der Waals surface area contributed by atoms with Gasteiger partial charge in [0.25, 0.3) is 0 Å². The molecular weight excluding hydrogens is 308 g/mol. The number of rotatable bonds is 1. The molecule has 2 aliphatic heterocycles. The Labute approximate surface area is 139 Å². The normalized spacial score (nSPS) is 24.2. The fourth-order valence-corrected chi connectivity index (χ4v) is 3.99. The van der Waals surface area contributed by atoms with Gasteiger partial charge in [-0.1, -0.05) is 12.1 Å². The number of hydrogen-bond acceptors (Lipinski definition) is 3. The van der Waals surface area contributed by atoms with Gasteiger partial charge in [-0.3, -0.25) is 9.59 Å². The Bertz CT molecular complexity index is 739. The maximum absolute atomic E-state index is 12.1. The molecule has 2 N–H and O–H groups in total. The molecule has 2 heterocycles. The average Bonchev–Trinajstić information content (AvgIpc) is 3.35. The van der Waals surface area contributed by atoms with Crippen LogP contribution in [-0.4, -0.2) is 34.3 Å². The van der Waals surface area contributed by atoms with Gasteiger partial charge in [-0.2, -0.15) is 0 Å². The number of piperidine rings is 1. The van der Waals surface area contributed by atoms with Gasteiger partial charge in [0.05, 0.1) is 11.5 Å². The highest BCUT2D eigenvalue weighted by molar-refractivity contribution is 6.31. The SMILES string of the molecule is O=C(O)C(=O)N1CCCCC1c1ccc2c(c1)CC1(CC1)C(=O)N2. The number of fused-ring (bicyclic) bond motifs is 1. The van der Waals surface area contributed by atoms with Gasteiger partial charge in [0.1, 0.15) is 0 Å². The Hall–Kier alpha value is -2.37. The molecule has 1 spiro atoms. The first-order chi connectivity index (χ1) is 11.5. The summed E-state index contributed by atoms with van der Waals surface area (Å²) in [5.74, 6) is -2.11. The molecule has 1 saturated heterocycles. The molecule has 1 saturated carbocycles. The number of aliphatic carboxylic acids is 1. The molecule has 6 heteroatoms. The van der Waals surface area contributed by atoms with Crippen LogP contribution >= 0.6 is 0 Å². The lowest BCUT2D eigenvalue weighted by Crippen LogP contribution is -2.42. The third kappa shape index (κ3) is 2.37. The van der Waals surface area contributed by atoms with Gasteiger partial charge in [-0.05, 0) is 55.7 Å². The van der Waals surface area contributed by atoms with E-state index in [9.17, 15) is 14.4 Å². The Morgan fingerprint density at radius 1 is 1.25 bits per heavy atom. The molecule has 1 unspecified atom stereocenters. The number of carbonyl (C=O) groups excluding carboxylic acids is 2. The smallest absolute Gasteiger partial charge is 0.394 e. The fourth-order valence-electron chi connectivity index (χ4n) is 3.99. The molecule has 3 aliphatic rings. The third-order valence-electron chi connectivity index (χ3n) is 5.57. The molecule has 0 bridgehead atoms. The van der Waals surface area contributed by atoms with Crippen LogP contribution in [0.2, 0.25) is 0 Å². The van der Waals surface area contributed by atoms with Gasteiger partial charge in [0, 0.05) is 12.2 Å².